The van der Waals surface area contributed by atoms with Crippen molar-refractivity contribution >= 4 is 42.4 Å². The summed E-state index contributed by atoms with van der Waals surface area (Å²) >= 11 is 4.78. The molecule has 40 heavy (non-hydrogen) atoms. The molecule has 3 heterocycles. The average Bonchev–Trinajstić information content (AvgIpc) is 3.40. The first kappa shape index (κ1) is 29.3. The first-order valence-corrected chi connectivity index (χ1v) is 16.6. The van der Waals surface area contributed by atoms with Crippen LogP contribution < -0.4 is 14.8 Å². The van der Waals surface area contributed by atoms with E-state index < -0.39 is 32.8 Å². The summed E-state index contributed by atoms with van der Waals surface area (Å²) in [5.74, 6) is 0.387. The Morgan fingerprint density at radius 1 is 1.15 bits per heavy atom. The number of nitrogens with one attached hydrogen (secondary N) is 2. The monoisotopic (exact) mass is 657 g/mol. The second-order valence-electron chi connectivity index (χ2n) is 11.0. The Bertz CT molecular complexity index is 1470. The second kappa shape index (κ2) is 10.9. The molecule has 2 aromatic carbocycles. The zero-order valence-electron chi connectivity index (χ0n) is 22.1. The topological polar surface area (TPSA) is 80.3 Å². The van der Waals surface area contributed by atoms with E-state index in [0.717, 1.165) is 37.1 Å². The maximum Gasteiger partial charge on any atom is 0.416 e. The van der Waals surface area contributed by atoms with Crippen molar-refractivity contribution in [3.8, 4) is 5.75 Å². The number of halogens is 4. The Hall–Kier alpha value is -2.15. The van der Waals surface area contributed by atoms with E-state index in [2.05, 4.69) is 31.0 Å². The molecule has 1 saturated heterocycles. The molecule has 0 aliphatic carbocycles. The quantitative estimate of drug-likeness (QED) is 0.266. The number of nitrogens with zero attached hydrogens (tertiary/aromatic N) is 1. The van der Waals surface area contributed by atoms with Gasteiger partial charge in [0.15, 0.2) is 5.13 Å². The number of hydrogen-bond acceptors (Lipinski definition) is 6. The minimum Gasteiger partial charge on any atom is -0.487 e. The molecule has 1 aromatic heterocycles. The lowest BCUT2D eigenvalue weighted by molar-refractivity contribution is -0.137. The van der Waals surface area contributed by atoms with Gasteiger partial charge < -0.3 is 10.1 Å². The molecule has 0 saturated carbocycles. The van der Waals surface area contributed by atoms with Crippen LogP contribution in [-0.4, -0.2) is 37.4 Å². The highest BCUT2D eigenvalue weighted by atomic mass is 79.9. The summed E-state index contributed by atoms with van der Waals surface area (Å²) in [6, 6.07) is 8.96. The van der Waals surface area contributed by atoms with Gasteiger partial charge in [-0.05, 0) is 81.4 Å². The molecule has 0 radical (unpaired) electrons. The van der Waals surface area contributed by atoms with Crippen LogP contribution in [0.2, 0.25) is 0 Å². The van der Waals surface area contributed by atoms with Gasteiger partial charge in [-0.3, -0.25) is 4.72 Å². The van der Waals surface area contributed by atoms with Crippen molar-refractivity contribution in [2.45, 2.75) is 67.5 Å². The minimum absolute atomic E-state index is 0.0256. The number of piperidine rings is 1. The summed E-state index contributed by atoms with van der Waals surface area (Å²) in [6.45, 7) is 5.35. The van der Waals surface area contributed by atoms with Crippen molar-refractivity contribution in [2.75, 3.05) is 23.1 Å². The first-order valence-electron chi connectivity index (χ1n) is 13.1. The summed E-state index contributed by atoms with van der Waals surface area (Å²) in [7, 11) is -3.94. The summed E-state index contributed by atoms with van der Waals surface area (Å²) < 4.78 is 76.9. The molecule has 2 N–H and O–H groups in total. The number of fused-ring (bicyclic) bond motifs is 1. The maximum atomic E-state index is 13.9. The number of rotatable bonds is 7. The third kappa shape index (κ3) is 5.77. The highest BCUT2D eigenvalue weighted by Crippen LogP contribution is 2.54. The van der Waals surface area contributed by atoms with E-state index in [-0.39, 0.29) is 15.9 Å². The number of benzene rings is 2. The fraction of sp³-hybridized carbons (Fsp3) is 0.464. The lowest BCUT2D eigenvalue weighted by Gasteiger charge is -2.48. The Balaban J connectivity index is 1.69. The van der Waals surface area contributed by atoms with Gasteiger partial charge in [0.1, 0.15) is 11.4 Å². The van der Waals surface area contributed by atoms with Crippen LogP contribution in [0, 0.1) is 0 Å². The fourth-order valence-corrected chi connectivity index (χ4v) is 8.64. The van der Waals surface area contributed by atoms with E-state index in [4.69, 9.17) is 4.74 Å². The normalized spacial score (nSPS) is 21.4. The Labute approximate surface area is 244 Å². The van der Waals surface area contributed by atoms with Gasteiger partial charge >= 0.3 is 6.18 Å². The van der Waals surface area contributed by atoms with Gasteiger partial charge in [0.25, 0.3) is 10.0 Å². The molecule has 1 fully saturated rings. The number of thiazole rings is 1. The van der Waals surface area contributed by atoms with Crippen LogP contribution in [0.3, 0.4) is 0 Å². The van der Waals surface area contributed by atoms with Crippen LogP contribution in [0.15, 0.2) is 52.9 Å². The van der Waals surface area contributed by atoms with Crippen LogP contribution >= 0.6 is 27.3 Å². The molecular weight excluding hydrogens is 627 g/mol. The predicted molar refractivity (Wildman–Crippen MR) is 154 cm³/mol. The van der Waals surface area contributed by atoms with Gasteiger partial charge in [-0.2, -0.15) is 13.2 Å². The number of hydrogen-bond donors (Lipinski definition) is 2. The highest BCUT2D eigenvalue weighted by molar-refractivity contribution is 9.09. The SMILES string of the molecule is CC1(C)CC(CCBr)(c2ccc(C(F)(F)F)cc2C2CCNCC2)c2ccc(S(=O)(=O)Nc3nccs3)cc2O1. The van der Waals surface area contributed by atoms with Crippen molar-refractivity contribution in [2.24, 2.45) is 0 Å². The summed E-state index contributed by atoms with van der Waals surface area (Å²) in [5, 5.41) is 5.84. The smallest absolute Gasteiger partial charge is 0.416 e. The van der Waals surface area contributed by atoms with E-state index >= 15 is 0 Å². The van der Waals surface area contributed by atoms with Crippen molar-refractivity contribution < 1.29 is 26.3 Å². The number of alkyl halides is 4. The van der Waals surface area contributed by atoms with E-state index in [9.17, 15) is 21.6 Å². The molecule has 0 spiro atoms. The molecule has 2 aliphatic rings. The van der Waals surface area contributed by atoms with E-state index in [1.165, 1.54) is 41.8 Å². The lowest BCUT2D eigenvalue weighted by Crippen LogP contribution is -2.46. The zero-order valence-corrected chi connectivity index (χ0v) is 25.4. The van der Waals surface area contributed by atoms with E-state index in [1.807, 2.05) is 13.8 Å². The van der Waals surface area contributed by atoms with Gasteiger partial charge in [0.05, 0.1) is 10.5 Å². The summed E-state index contributed by atoms with van der Waals surface area (Å²) in [6.07, 6.45) is -0.343. The Morgan fingerprint density at radius 3 is 2.52 bits per heavy atom. The Morgan fingerprint density at radius 2 is 1.88 bits per heavy atom. The fourth-order valence-electron chi connectivity index (χ4n) is 6.16. The number of anilines is 1. The molecule has 3 aromatic rings. The third-order valence-corrected chi connectivity index (χ3v) is 10.3. The summed E-state index contributed by atoms with van der Waals surface area (Å²) in [4.78, 5) is 4.04. The average molecular weight is 659 g/mol. The number of aromatic nitrogens is 1. The van der Waals surface area contributed by atoms with Crippen LogP contribution in [0.4, 0.5) is 18.3 Å². The van der Waals surface area contributed by atoms with Crippen molar-refractivity contribution in [1.29, 1.82) is 0 Å². The summed E-state index contributed by atoms with van der Waals surface area (Å²) in [5.41, 5.74) is 0.267. The van der Waals surface area contributed by atoms with Gasteiger partial charge in [-0.1, -0.05) is 28.1 Å². The van der Waals surface area contributed by atoms with Gasteiger partial charge in [-0.25, -0.2) is 13.4 Å². The molecule has 1 unspecified atom stereocenters. The van der Waals surface area contributed by atoms with Gasteiger partial charge in [-0.15, -0.1) is 11.3 Å². The molecule has 216 valence electrons. The van der Waals surface area contributed by atoms with Crippen LogP contribution in [0.5, 0.6) is 5.75 Å². The number of sulfonamides is 1. The molecule has 0 bridgehead atoms. The van der Waals surface area contributed by atoms with Crippen LogP contribution in [0.25, 0.3) is 0 Å². The minimum atomic E-state index is -4.46. The first-order chi connectivity index (χ1) is 18.8. The molecule has 0 amide bonds. The maximum absolute atomic E-state index is 13.9. The molecule has 12 heteroatoms. The van der Waals surface area contributed by atoms with E-state index in [1.54, 1.807) is 17.5 Å². The molecule has 1 atom stereocenters. The largest absolute Gasteiger partial charge is 0.487 e. The van der Waals surface area contributed by atoms with Crippen LogP contribution in [0.1, 0.15) is 67.7 Å². The van der Waals surface area contributed by atoms with Crippen LogP contribution in [-0.2, 0) is 21.6 Å². The van der Waals surface area contributed by atoms with Gasteiger partial charge in [0.2, 0.25) is 0 Å². The Kier molecular flexibility index (Phi) is 8.01. The highest BCUT2D eigenvalue weighted by Gasteiger charge is 2.48. The molecule has 5 rings (SSSR count). The van der Waals surface area contributed by atoms with Crippen molar-refractivity contribution in [3.05, 3.63) is 70.2 Å². The van der Waals surface area contributed by atoms with Crippen molar-refractivity contribution in [3.63, 3.8) is 0 Å². The van der Waals surface area contributed by atoms with Gasteiger partial charge in [0, 0.05) is 40.4 Å². The molecular formula is C28H31BrF3N3O3S2. The number of ether oxygens (including phenoxy) is 1. The molecule has 2 aliphatic heterocycles. The zero-order chi connectivity index (χ0) is 28.8. The van der Waals surface area contributed by atoms with Crippen molar-refractivity contribution in [1.82, 2.24) is 10.3 Å². The standard InChI is InChI=1S/C28H31BrF3N3O3S2/c1-26(2)17-27(9-10-29,22-5-3-19(28(30,31)32)15-21(22)18-7-11-33-12-8-18)23-6-4-20(16-24(23)38-26)40(36,37)35-25-34-13-14-39-25/h3-6,13-16,18,33H,7-12,17H2,1-2H3,(H,34,35). The predicted octanol–water partition coefficient (Wildman–Crippen LogP) is 7.06. The third-order valence-electron chi connectivity index (χ3n) is 7.74. The molecule has 6 nitrogen and oxygen atoms in total. The second-order valence-corrected chi connectivity index (χ2v) is 14.4. The lowest BCUT2D eigenvalue weighted by atomic mass is 9.62. The van der Waals surface area contributed by atoms with E-state index in [0.29, 0.717) is 29.5 Å².